The molecule has 0 unspecified atom stereocenters. The lowest BCUT2D eigenvalue weighted by Gasteiger charge is -1.81. The Bertz CT molecular complexity index is 173. The number of aromatic nitrogens is 4. The van der Waals surface area contributed by atoms with Crippen molar-refractivity contribution in [2.75, 3.05) is 11.9 Å². The van der Waals surface area contributed by atoms with Crippen LogP contribution in [-0.2, 0) is 6.54 Å². The average molecular weight is 111 g/mol. The number of anilines is 1. The molecule has 2 rings (SSSR count). The SMILES string of the molecule is C1Cn2nnnc2N1. The van der Waals surface area contributed by atoms with Crippen molar-refractivity contribution >= 4 is 5.95 Å². The van der Waals surface area contributed by atoms with Gasteiger partial charge >= 0.3 is 0 Å². The van der Waals surface area contributed by atoms with Gasteiger partial charge in [-0.3, -0.25) is 0 Å². The summed E-state index contributed by atoms with van der Waals surface area (Å²) in [4.78, 5) is 0. The summed E-state index contributed by atoms with van der Waals surface area (Å²) in [5, 5.41) is 13.8. The van der Waals surface area contributed by atoms with Crippen molar-refractivity contribution in [3.63, 3.8) is 0 Å². The van der Waals surface area contributed by atoms with E-state index in [0.29, 0.717) is 0 Å². The summed E-state index contributed by atoms with van der Waals surface area (Å²) >= 11 is 0. The van der Waals surface area contributed by atoms with Crippen molar-refractivity contribution in [1.29, 1.82) is 0 Å². The molecule has 1 aromatic rings. The minimum absolute atomic E-state index is 0.782. The summed E-state index contributed by atoms with van der Waals surface area (Å²) in [5.41, 5.74) is 0. The van der Waals surface area contributed by atoms with Crippen LogP contribution in [-0.4, -0.2) is 26.8 Å². The molecule has 1 N–H and O–H groups in total. The van der Waals surface area contributed by atoms with Crippen LogP contribution in [0.1, 0.15) is 0 Å². The van der Waals surface area contributed by atoms with E-state index >= 15 is 0 Å². The van der Waals surface area contributed by atoms with Gasteiger partial charge in [-0.2, -0.15) is 0 Å². The lowest BCUT2D eigenvalue weighted by molar-refractivity contribution is 0.649. The van der Waals surface area contributed by atoms with Crippen LogP contribution in [0.15, 0.2) is 0 Å². The Morgan fingerprint density at radius 1 is 1.62 bits per heavy atom. The van der Waals surface area contributed by atoms with E-state index in [2.05, 4.69) is 20.8 Å². The van der Waals surface area contributed by atoms with Crippen LogP contribution in [0.5, 0.6) is 0 Å². The second kappa shape index (κ2) is 1.18. The van der Waals surface area contributed by atoms with E-state index in [0.717, 1.165) is 19.0 Å². The normalized spacial score (nSPS) is 15.5. The van der Waals surface area contributed by atoms with E-state index < -0.39 is 0 Å². The molecule has 0 fully saturated rings. The van der Waals surface area contributed by atoms with Crippen LogP contribution in [0, 0.1) is 0 Å². The molecule has 5 heteroatoms. The highest BCUT2D eigenvalue weighted by Gasteiger charge is 2.09. The fourth-order valence-electron chi connectivity index (χ4n) is 0.755. The maximum atomic E-state index is 3.69. The van der Waals surface area contributed by atoms with E-state index in [9.17, 15) is 0 Å². The topological polar surface area (TPSA) is 55.6 Å². The second-order valence-electron chi connectivity index (χ2n) is 1.65. The Balaban J connectivity index is 2.54. The molecule has 8 heavy (non-hydrogen) atoms. The molecule has 42 valence electrons. The maximum absolute atomic E-state index is 3.69. The van der Waals surface area contributed by atoms with E-state index in [1.807, 2.05) is 0 Å². The van der Waals surface area contributed by atoms with Crippen molar-refractivity contribution in [1.82, 2.24) is 20.2 Å². The first-order valence-electron chi connectivity index (χ1n) is 2.47. The quantitative estimate of drug-likeness (QED) is 0.471. The van der Waals surface area contributed by atoms with Gasteiger partial charge in [0.05, 0.1) is 6.54 Å². The van der Waals surface area contributed by atoms with Gasteiger partial charge in [-0.25, -0.2) is 4.68 Å². The van der Waals surface area contributed by atoms with Crippen LogP contribution < -0.4 is 5.32 Å². The van der Waals surface area contributed by atoms with Gasteiger partial charge in [-0.05, 0) is 10.4 Å². The van der Waals surface area contributed by atoms with E-state index in [1.54, 1.807) is 4.68 Å². The number of hydrogen-bond acceptors (Lipinski definition) is 4. The number of rotatable bonds is 0. The van der Waals surface area contributed by atoms with Crippen LogP contribution in [0.3, 0.4) is 0 Å². The monoisotopic (exact) mass is 111 g/mol. The molecule has 5 nitrogen and oxygen atoms in total. The fraction of sp³-hybridized carbons (Fsp3) is 0.667. The smallest absolute Gasteiger partial charge is 0.243 e. The third kappa shape index (κ3) is 0.330. The molecule has 0 saturated carbocycles. The van der Waals surface area contributed by atoms with Crippen LogP contribution in [0.4, 0.5) is 5.95 Å². The highest BCUT2D eigenvalue weighted by molar-refractivity contribution is 5.24. The summed E-state index contributed by atoms with van der Waals surface area (Å²) in [6.45, 7) is 1.82. The van der Waals surface area contributed by atoms with Crippen molar-refractivity contribution in [3.05, 3.63) is 0 Å². The largest absolute Gasteiger partial charge is 0.351 e. The summed E-state index contributed by atoms with van der Waals surface area (Å²) in [6, 6.07) is 0. The van der Waals surface area contributed by atoms with Gasteiger partial charge in [0, 0.05) is 6.54 Å². The number of fused-ring (bicyclic) bond motifs is 1. The molecule has 0 atom stereocenters. The Morgan fingerprint density at radius 2 is 2.62 bits per heavy atom. The molecule has 1 aromatic heterocycles. The standard InChI is InChI=1S/C3H5N5/c1-2-8-3(4-1)5-6-7-8/h1-2H2,(H,4,5,7). The van der Waals surface area contributed by atoms with Crippen LogP contribution >= 0.6 is 0 Å². The molecular formula is C3H5N5. The maximum Gasteiger partial charge on any atom is 0.243 e. The highest BCUT2D eigenvalue weighted by Crippen LogP contribution is 2.03. The zero-order chi connectivity index (χ0) is 5.40. The summed E-state index contributed by atoms with van der Waals surface area (Å²) in [5.74, 6) is 0.782. The van der Waals surface area contributed by atoms with Crippen molar-refractivity contribution in [2.24, 2.45) is 0 Å². The molecule has 0 amide bonds. The predicted octanol–water partition coefficient (Wildman–Crippen LogP) is -0.901. The Kier molecular flexibility index (Phi) is 0.563. The predicted molar refractivity (Wildman–Crippen MR) is 26.3 cm³/mol. The molecule has 0 aromatic carbocycles. The number of tetrazole rings is 1. The van der Waals surface area contributed by atoms with Gasteiger partial charge < -0.3 is 5.32 Å². The number of nitrogens with one attached hydrogen (secondary N) is 1. The van der Waals surface area contributed by atoms with Gasteiger partial charge in [-0.1, -0.05) is 5.10 Å². The number of nitrogens with zero attached hydrogens (tertiary/aromatic N) is 4. The molecule has 0 bridgehead atoms. The zero-order valence-corrected chi connectivity index (χ0v) is 4.20. The average Bonchev–Trinajstić information content (AvgIpc) is 2.15. The van der Waals surface area contributed by atoms with Gasteiger partial charge in [0.1, 0.15) is 0 Å². The zero-order valence-electron chi connectivity index (χ0n) is 4.20. The highest BCUT2D eigenvalue weighted by atomic mass is 15.6. The minimum atomic E-state index is 0.782. The molecule has 2 heterocycles. The lowest BCUT2D eigenvalue weighted by atomic mass is 10.7. The molecule has 0 radical (unpaired) electrons. The molecule has 0 aliphatic carbocycles. The minimum Gasteiger partial charge on any atom is -0.351 e. The first-order chi connectivity index (χ1) is 3.97. The lowest BCUT2D eigenvalue weighted by Crippen LogP contribution is -1.96. The van der Waals surface area contributed by atoms with E-state index in [4.69, 9.17) is 0 Å². The summed E-state index contributed by atoms with van der Waals surface area (Å²) in [6.07, 6.45) is 0. The van der Waals surface area contributed by atoms with Gasteiger partial charge in [0.25, 0.3) is 0 Å². The second-order valence-corrected chi connectivity index (χ2v) is 1.65. The van der Waals surface area contributed by atoms with Crippen LogP contribution in [0.2, 0.25) is 0 Å². The third-order valence-corrected chi connectivity index (χ3v) is 1.14. The van der Waals surface area contributed by atoms with E-state index in [-0.39, 0.29) is 0 Å². The van der Waals surface area contributed by atoms with Gasteiger partial charge in [0.2, 0.25) is 5.95 Å². The first-order valence-corrected chi connectivity index (χ1v) is 2.47. The van der Waals surface area contributed by atoms with Crippen molar-refractivity contribution in [2.45, 2.75) is 6.54 Å². The van der Waals surface area contributed by atoms with Crippen molar-refractivity contribution < 1.29 is 0 Å². The van der Waals surface area contributed by atoms with Crippen LogP contribution in [0.25, 0.3) is 0 Å². The van der Waals surface area contributed by atoms with Crippen molar-refractivity contribution in [3.8, 4) is 0 Å². The molecule has 1 aliphatic rings. The van der Waals surface area contributed by atoms with Gasteiger partial charge in [-0.15, -0.1) is 0 Å². The Morgan fingerprint density at radius 3 is 3.50 bits per heavy atom. The molecule has 1 aliphatic heterocycles. The molecular weight excluding hydrogens is 106 g/mol. The Hall–Kier alpha value is -1.13. The molecule has 0 spiro atoms. The third-order valence-electron chi connectivity index (χ3n) is 1.14. The fourth-order valence-corrected chi connectivity index (χ4v) is 0.755. The van der Waals surface area contributed by atoms with E-state index in [1.165, 1.54) is 0 Å². The van der Waals surface area contributed by atoms with Gasteiger partial charge in [0.15, 0.2) is 0 Å². The Labute approximate surface area is 45.7 Å². The first kappa shape index (κ1) is 3.82. The molecule has 0 saturated heterocycles. The number of hydrogen-bond donors (Lipinski definition) is 1. The summed E-state index contributed by atoms with van der Waals surface area (Å²) in [7, 11) is 0. The summed E-state index contributed by atoms with van der Waals surface area (Å²) < 4.78 is 1.74.